The number of ether oxygens (including phenoxy) is 2. The molecule has 0 aliphatic rings. The van der Waals surface area contributed by atoms with Crippen LogP contribution >= 0.6 is 0 Å². The Kier molecular flexibility index (Phi) is 7.34. The molecule has 22 heavy (non-hydrogen) atoms. The zero-order chi connectivity index (χ0) is 17.4. The largest absolute Gasteiger partial charge is 0.479 e. The molecule has 0 radical (unpaired) electrons. The van der Waals surface area contributed by atoms with Crippen LogP contribution in [0.3, 0.4) is 0 Å². The van der Waals surface area contributed by atoms with E-state index in [0.717, 1.165) is 0 Å². The summed E-state index contributed by atoms with van der Waals surface area (Å²) in [4.78, 5) is 64.3. The van der Waals surface area contributed by atoms with E-state index in [0.29, 0.717) is 0 Å². The molecule has 4 N–H and O–H groups in total. The van der Waals surface area contributed by atoms with Gasteiger partial charge in [0, 0.05) is 0 Å². The summed E-state index contributed by atoms with van der Waals surface area (Å²) in [6, 6.07) is 0. The molecule has 0 aromatic rings. The van der Waals surface area contributed by atoms with E-state index in [9.17, 15) is 28.8 Å². The third kappa shape index (κ3) is 7.06. The molecule has 0 saturated heterocycles. The van der Waals surface area contributed by atoms with Gasteiger partial charge in [0.15, 0.2) is 12.2 Å². The first-order valence-electron chi connectivity index (χ1n) is 5.36. The number of aliphatic carboxylic acids is 2. The second kappa shape index (κ2) is 8.43. The number of carboxylic acid groups (broad SMARTS) is 2. The van der Waals surface area contributed by atoms with Gasteiger partial charge in [0.25, 0.3) is 0 Å². The Balaban J connectivity index is 4.35. The van der Waals surface area contributed by atoms with Crippen molar-refractivity contribution >= 4 is 35.8 Å². The molecular formula is C10H10O12. The normalized spacial score (nSPS) is 12.6. The monoisotopic (exact) mass is 322 g/mol. The lowest BCUT2D eigenvalue weighted by molar-refractivity contribution is -0.179. The van der Waals surface area contributed by atoms with Crippen LogP contribution < -0.4 is 0 Å². The van der Waals surface area contributed by atoms with Crippen molar-refractivity contribution in [3.8, 4) is 0 Å². The maximum absolute atomic E-state index is 11.0. The van der Waals surface area contributed by atoms with Gasteiger partial charge in [-0.05, 0) is 0 Å². The van der Waals surface area contributed by atoms with Crippen LogP contribution in [0.2, 0.25) is 0 Å². The molecule has 0 aromatic heterocycles. The number of carbonyl (C=O) groups excluding carboxylic acids is 4. The Labute approximate surface area is 120 Å². The molecule has 0 rings (SSSR count). The Morgan fingerprint density at radius 1 is 0.682 bits per heavy atom. The molecule has 0 aliphatic carbocycles. The molecule has 0 bridgehead atoms. The van der Waals surface area contributed by atoms with E-state index in [1.807, 2.05) is 0 Å². The molecule has 0 amide bonds. The van der Waals surface area contributed by atoms with Gasteiger partial charge >= 0.3 is 35.8 Å². The first kappa shape index (κ1) is 19.1. The highest BCUT2D eigenvalue weighted by Crippen LogP contribution is 1.99. The third-order valence-electron chi connectivity index (χ3n) is 1.87. The van der Waals surface area contributed by atoms with Crippen molar-refractivity contribution in [2.45, 2.75) is 25.0 Å². The van der Waals surface area contributed by atoms with Crippen molar-refractivity contribution in [3.63, 3.8) is 0 Å². The van der Waals surface area contributed by atoms with Crippen LogP contribution in [0.25, 0.3) is 0 Å². The minimum atomic E-state index is -2.16. The molecule has 12 nitrogen and oxygen atoms in total. The fraction of sp³-hybridized carbons (Fsp3) is 0.400. The smallest absolute Gasteiger partial charge is 0.425 e. The summed E-state index contributed by atoms with van der Waals surface area (Å²) >= 11 is 0. The van der Waals surface area contributed by atoms with Gasteiger partial charge in [0.05, 0.1) is 12.8 Å². The summed E-state index contributed by atoms with van der Waals surface area (Å²) < 4.78 is 7.56. The van der Waals surface area contributed by atoms with Gasteiger partial charge in [0.1, 0.15) is 0 Å². The van der Waals surface area contributed by atoms with Crippen LogP contribution in [0.15, 0.2) is 0 Å². The van der Waals surface area contributed by atoms with Crippen LogP contribution in [0.4, 0.5) is 0 Å². The molecule has 0 aliphatic heterocycles. The maximum atomic E-state index is 11.0. The highest BCUT2D eigenvalue weighted by atomic mass is 16.6. The Morgan fingerprint density at radius 3 is 1.18 bits per heavy atom. The average Bonchev–Trinajstić information content (AvgIpc) is 2.37. The van der Waals surface area contributed by atoms with Crippen LogP contribution in [0.5, 0.6) is 0 Å². The summed E-state index contributed by atoms with van der Waals surface area (Å²) in [5, 5.41) is 34.1. The van der Waals surface area contributed by atoms with Crippen LogP contribution in [0, 0.1) is 0 Å². The van der Waals surface area contributed by atoms with Crippen molar-refractivity contribution in [1.82, 2.24) is 0 Å². The fourth-order valence-corrected chi connectivity index (χ4v) is 0.864. The molecule has 2 unspecified atom stereocenters. The lowest BCUT2D eigenvalue weighted by Crippen LogP contribution is -2.31. The third-order valence-corrected chi connectivity index (χ3v) is 1.87. The number of carbonyl (C=O) groups is 6. The van der Waals surface area contributed by atoms with E-state index < -0.39 is 60.9 Å². The molecule has 12 heteroatoms. The van der Waals surface area contributed by atoms with Crippen molar-refractivity contribution in [2.24, 2.45) is 0 Å². The van der Waals surface area contributed by atoms with E-state index in [2.05, 4.69) is 9.47 Å². The number of hydrogen-bond acceptors (Lipinski definition) is 10. The molecule has 0 fully saturated rings. The minimum absolute atomic E-state index is 1.14. The van der Waals surface area contributed by atoms with E-state index in [1.165, 1.54) is 0 Å². The topological polar surface area (TPSA) is 202 Å². The molecule has 0 heterocycles. The summed E-state index contributed by atoms with van der Waals surface area (Å²) in [6.45, 7) is 0. The van der Waals surface area contributed by atoms with Gasteiger partial charge in [0.2, 0.25) is 0 Å². The Bertz CT molecular complexity index is 460. The predicted octanol–water partition coefficient (Wildman–Crippen LogP) is -3.20. The molecular weight excluding hydrogens is 312 g/mol. The van der Waals surface area contributed by atoms with Crippen LogP contribution in [-0.4, -0.2) is 68.4 Å². The van der Waals surface area contributed by atoms with Gasteiger partial charge < -0.3 is 29.9 Å². The molecule has 0 aromatic carbocycles. The van der Waals surface area contributed by atoms with E-state index in [-0.39, 0.29) is 0 Å². The number of hydrogen-bond donors (Lipinski definition) is 4. The lowest BCUT2D eigenvalue weighted by atomic mass is 10.2. The maximum Gasteiger partial charge on any atom is 0.425 e. The molecule has 122 valence electrons. The second-order valence-corrected chi connectivity index (χ2v) is 3.64. The van der Waals surface area contributed by atoms with Gasteiger partial charge in [-0.3, -0.25) is 9.59 Å². The number of aliphatic hydroxyl groups is 2. The van der Waals surface area contributed by atoms with Crippen molar-refractivity contribution in [3.05, 3.63) is 0 Å². The highest BCUT2D eigenvalue weighted by molar-refractivity contribution is 6.33. The van der Waals surface area contributed by atoms with Gasteiger partial charge in [-0.1, -0.05) is 0 Å². The van der Waals surface area contributed by atoms with Crippen molar-refractivity contribution < 1.29 is 58.7 Å². The minimum Gasteiger partial charge on any atom is -0.479 e. The first-order chi connectivity index (χ1) is 10.0. The van der Waals surface area contributed by atoms with E-state index in [4.69, 9.17) is 20.4 Å². The molecule has 0 saturated carbocycles. The van der Waals surface area contributed by atoms with Crippen LogP contribution in [0.1, 0.15) is 12.8 Å². The number of rotatable bonds is 6. The summed E-state index contributed by atoms with van der Waals surface area (Å²) in [6.07, 6.45) is -6.60. The average molecular weight is 322 g/mol. The summed E-state index contributed by atoms with van der Waals surface area (Å²) in [5.41, 5.74) is 0. The molecule has 2 atom stereocenters. The SMILES string of the molecule is O=C(CC(O)C(=O)O)OC(=O)C(=O)OC(=O)CC(O)C(=O)O. The van der Waals surface area contributed by atoms with Gasteiger partial charge in [-0.2, -0.15) is 0 Å². The summed E-state index contributed by atoms with van der Waals surface area (Å²) in [7, 11) is 0. The van der Waals surface area contributed by atoms with E-state index >= 15 is 0 Å². The van der Waals surface area contributed by atoms with Gasteiger partial charge in [-0.15, -0.1) is 0 Å². The predicted molar refractivity (Wildman–Crippen MR) is 58.7 cm³/mol. The number of esters is 4. The van der Waals surface area contributed by atoms with Crippen LogP contribution in [-0.2, 0) is 38.2 Å². The zero-order valence-electron chi connectivity index (χ0n) is 10.6. The first-order valence-corrected chi connectivity index (χ1v) is 5.36. The fourth-order valence-electron chi connectivity index (χ4n) is 0.864. The Morgan fingerprint density at radius 2 is 0.955 bits per heavy atom. The lowest BCUT2D eigenvalue weighted by Gasteiger charge is -2.06. The number of carboxylic acids is 2. The number of aliphatic hydroxyl groups excluding tert-OH is 2. The van der Waals surface area contributed by atoms with E-state index in [1.54, 1.807) is 0 Å². The standard InChI is InChI=1S/C10H10O12/c11-3(7(15)16)1-5(13)21-9(19)10(20)22-6(14)2-4(12)8(17)18/h3-4,11-12H,1-2H2,(H,15,16)(H,17,18). The van der Waals surface area contributed by atoms with Crippen molar-refractivity contribution in [1.29, 1.82) is 0 Å². The van der Waals surface area contributed by atoms with Gasteiger partial charge in [-0.25, -0.2) is 19.2 Å². The zero-order valence-corrected chi connectivity index (χ0v) is 10.6. The molecule has 0 spiro atoms. The second-order valence-electron chi connectivity index (χ2n) is 3.64. The van der Waals surface area contributed by atoms with Crippen molar-refractivity contribution in [2.75, 3.05) is 0 Å². The highest BCUT2D eigenvalue weighted by Gasteiger charge is 2.28. The Hall–Kier alpha value is -2.86. The summed E-state index contributed by atoms with van der Waals surface area (Å²) in [5.74, 6) is -10.7. The quantitative estimate of drug-likeness (QED) is 0.217.